The quantitative estimate of drug-likeness (QED) is 0.850. The van der Waals surface area contributed by atoms with Gasteiger partial charge in [-0.25, -0.2) is 0 Å². The van der Waals surface area contributed by atoms with E-state index in [2.05, 4.69) is 15.9 Å². The summed E-state index contributed by atoms with van der Waals surface area (Å²) in [6, 6.07) is 11.2. The first-order chi connectivity index (χ1) is 10.0. The first kappa shape index (κ1) is 16.1. The Labute approximate surface area is 138 Å². The molecule has 0 aromatic heterocycles. The van der Waals surface area contributed by atoms with Crippen molar-refractivity contribution in [2.24, 2.45) is 5.73 Å². The SMILES string of the molecule is COc1ccc(OC)c(C(N)Cc2ccc(Br)cc2Cl)c1. The molecule has 0 spiro atoms. The van der Waals surface area contributed by atoms with Crippen LogP contribution in [-0.4, -0.2) is 14.2 Å². The fourth-order valence-electron chi connectivity index (χ4n) is 2.16. The molecule has 0 aliphatic rings. The molecule has 0 radical (unpaired) electrons. The Hall–Kier alpha value is -1.23. The van der Waals surface area contributed by atoms with Crippen LogP contribution in [0.5, 0.6) is 11.5 Å². The van der Waals surface area contributed by atoms with Gasteiger partial charge < -0.3 is 15.2 Å². The lowest BCUT2D eigenvalue weighted by Crippen LogP contribution is -2.15. The van der Waals surface area contributed by atoms with Crippen LogP contribution in [0.15, 0.2) is 40.9 Å². The highest BCUT2D eigenvalue weighted by Crippen LogP contribution is 2.32. The summed E-state index contributed by atoms with van der Waals surface area (Å²) in [5.74, 6) is 1.50. The summed E-state index contributed by atoms with van der Waals surface area (Å²) in [6.07, 6.45) is 0.621. The number of halogens is 2. The van der Waals surface area contributed by atoms with Gasteiger partial charge in [-0.15, -0.1) is 0 Å². The van der Waals surface area contributed by atoms with E-state index in [1.165, 1.54) is 0 Å². The lowest BCUT2D eigenvalue weighted by molar-refractivity contribution is 0.395. The topological polar surface area (TPSA) is 44.5 Å². The Morgan fingerprint density at radius 2 is 1.90 bits per heavy atom. The molecule has 1 unspecified atom stereocenters. The molecule has 21 heavy (non-hydrogen) atoms. The Balaban J connectivity index is 2.28. The summed E-state index contributed by atoms with van der Waals surface area (Å²) in [6.45, 7) is 0. The van der Waals surface area contributed by atoms with Gasteiger partial charge in [-0.05, 0) is 42.3 Å². The van der Waals surface area contributed by atoms with Gasteiger partial charge >= 0.3 is 0 Å². The number of ether oxygens (including phenoxy) is 2. The average molecular weight is 371 g/mol. The van der Waals surface area contributed by atoms with Crippen LogP contribution in [0.25, 0.3) is 0 Å². The largest absolute Gasteiger partial charge is 0.497 e. The monoisotopic (exact) mass is 369 g/mol. The number of methoxy groups -OCH3 is 2. The van der Waals surface area contributed by atoms with Crippen molar-refractivity contribution < 1.29 is 9.47 Å². The standard InChI is InChI=1S/C16H17BrClNO2/c1-20-12-5-6-16(21-2)13(9-12)15(19)7-10-3-4-11(17)8-14(10)18/h3-6,8-9,15H,7,19H2,1-2H3. The maximum atomic E-state index is 6.33. The zero-order chi connectivity index (χ0) is 15.4. The first-order valence-corrected chi connectivity index (χ1v) is 7.63. The lowest BCUT2D eigenvalue weighted by Gasteiger charge is -2.17. The molecule has 1 atom stereocenters. The van der Waals surface area contributed by atoms with Crippen molar-refractivity contribution in [2.45, 2.75) is 12.5 Å². The van der Waals surface area contributed by atoms with Crippen molar-refractivity contribution in [3.8, 4) is 11.5 Å². The third-order valence-corrected chi connectivity index (χ3v) is 4.14. The predicted octanol–water partition coefficient (Wildman–Crippen LogP) is 4.36. The van der Waals surface area contributed by atoms with E-state index in [4.69, 9.17) is 26.8 Å². The molecule has 0 saturated carbocycles. The lowest BCUT2D eigenvalue weighted by atomic mass is 9.98. The summed E-state index contributed by atoms with van der Waals surface area (Å²) in [4.78, 5) is 0. The van der Waals surface area contributed by atoms with E-state index in [0.717, 1.165) is 27.1 Å². The van der Waals surface area contributed by atoms with Gasteiger partial charge in [0.25, 0.3) is 0 Å². The minimum Gasteiger partial charge on any atom is -0.497 e. The van der Waals surface area contributed by atoms with Gasteiger partial charge in [0, 0.05) is 21.1 Å². The molecule has 0 aliphatic carbocycles. The minimum atomic E-state index is -0.228. The maximum Gasteiger partial charge on any atom is 0.123 e. The fraction of sp³-hybridized carbons (Fsp3) is 0.250. The summed E-state index contributed by atoms with van der Waals surface area (Å²) >= 11 is 9.65. The highest BCUT2D eigenvalue weighted by atomic mass is 79.9. The van der Waals surface area contributed by atoms with Gasteiger partial charge in [0.05, 0.1) is 14.2 Å². The van der Waals surface area contributed by atoms with Crippen molar-refractivity contribution in [3.63, 3.8) is 0 Å². The van der Waals surface area contributed by atoms with Crippen molar-refractivity contribution in [1.29, 1.82) is 0 Å². The highest BCUT2D eigenvalue weighted by Gasteiger charge is 2.15. The van der Waals surface area contributed by atoms with Crippen LogP contribution < -0.4 is 15.2 Å². The van der Waals surface area contributed by atoms with Crippen molar-refractivity contribution >= 4 is 27.5 Å². The van der Waals surface area contributed by atoms with E-state index in [-0.39, 0.29) is 6.04 Å². The molecule has 3 nitrogen and oxygen atoms in total. The summed E-state index contributed by atoms with van der Waals surface area (Å²) in [5, 5.41) is 0.696. The maximum absolute atomic E-state index is 6.33. The molecule has 0 fully saturated rings. The molecule has 0 saturated heterocycles. The van der Waals surface area contributed by atoms with E-state index in [0.29, 0.717) is 11.4 Å². The van der Waals surface area contributed by atoms with Gasteiger partial charge in [0.2, 0.25) is 0 Å². The average Bonchev–Trinajstić information content (AvgIpc) is 2.49. The van der Waals surface area contributed by atoms with Crippen LogP contribution >= 0.6 is 27.5 Å². The first-order valence-electron chi connectivity index (χ1n) is 6.46. The van der Waals surface area contributed by atoms with Crippen LogP contribution in [0.3, 0.4) is 0 Å². The highest BCUT2D eigenvalue weighted by molar-refractivity contribution is 9.10. The van der Waals surface area contributed by atoms with Gasteiger partial charge in [0.1, 0.15) is 11.5 Å². The second kappa shape index (κ2) is 7.16. The Kier molecular flexibility index (Phi) is 5.51. The molecule has 2 aromatic carbocycles. The molecule has 0 bridgehead atoms. The molecular weight excluding hydrogens is 354 g/mol. The molecule has 2 aromatic rings. The number of rotatable bonds is 5. The second-order valence-corrected chi connectivity index (χ2v) is 5.98. The summed E-state index contributed by atoms with van der Waals surface area (Å²) in [7, 11) is 3.26. The third-order valence-electron chi connectivity index (χ3n) is 3.29. The zero-order valence-electron chi connectivity index (χ0n) is 11.9. The van der Waals surface area contributed by atoms with Gasteiger partial charge in [0.15, 0.2) is 0 Å². The molecular formula is C16H17BrClNO2. The Morgan fingerprint density at radius 3 is 2.52 bits per heavy atom. The molecule has 5 heteroatoms. The van der Waals surface area contributed by atoms with Crippen LogP contribution in [-0.2, 0) is 6.42 Å². The van der Waals surface area contributed by atoms with Gasteiger partial charge in [-0.2, -0.15) is 0 Å². The number of hydrogen-bond donors (Lipinski definition) is 1. The van der Waals surface area contributed by atoms with Crippen LogP contribution in [0.1, 0.15) is 17.2 Å². The van der Waals surface area contributed by atoms with Gasteiger partial charge in [-0.1, -0.05) is 33.6 Å². The number of benzene rings is 2. The van der Waals surface area contributed by atoms with E-state index in [1.54, 1.807) is 14.2 Å². The molecule has 2 N–H and O–H groups in total. The fourth-order valence-corrected chi connectivity index (χ4v) is 2.91. The molecule has 112 valence electrons. The van der Waals surface area contributed by atoms with Crippen molar-refractivity contribution in [2.75, 3.05) is 14.2 Å². The van der Waals surface area contributed by atoms with E-state index in [1.807, 2.05) is 36.4 Å². The van der Waals surface area contributed by atoms with Gasteiger partial charge in [-0.3, -0.25) is 0 Å². The Bertz CT molecular complexity index is 634. The van der Waals surface area contributed by atoms with E-state index in [9.17, 15) is 0 Å². The minimum absolute atomic E-state index is 0.228. The van der Waals surface area contributed by atoms with Crippen LogP contribution in [0, 0.1) is 0 Å². The molecule has 0 heterocycles. The third kappa shape index (κ3) is 3.90. The smallest absolute Gasteiger partial charge is 0.123 e. The normalized spacial score (nSPS) is 12.0. The summed E-state index contributed by atoms with van der Waals surface area (Å²) in [5.41, 5.74) is 8.22. The van der Waals surface area contributed by atoms with Crippen LogP contribution in [0.4, 0.5) is 0 Å². The van der Waals surface area contributed by atoms with E-state index < -0.39 is 0 Å². The molecule has 0 aliphatic heterocycles. The number of nitrogens with two attached hydrogens (primary N) is 1. The second-order valence-electron chi connectivity index (χ2n) is 4.65. The molecule has 2 rings (SSSR count). The van der Waals surface area contributed by atoms with Crippen molar-refractivity contribution in [1.82, 2.24) is 0 Å². The Morgan fingerprint density at radius 1 is 1.14 bits per heavy atom. The van der Waals surface area contributed by atoms with E-state index >= 15 is 0 Å². The van der Waals surface area contributed by atoms with Crippen LogP contribution in [0.2, 0.25) is 5.02 Å². The summed E-state index contributed by atoms with van der Waals surface area (Å²) < 4.78 is 11.6. The predicted molar refractivity (Wildman–Crippen MR) is 89.3 cm³/mol. The number of hydrogen-bond acceptors (Lipinski definition) is 3. The zero-order valence-corrected chi connectivity index (χ0v) is 14.2. The van der Waals surface area contributed by atoms with Crippen molar-refractivity contribution in [3.05, 3.63) is 57.0 Å². The molecule has 0 amide bonds.